The first kappa shape index (κ1) is 28.2. The van der Waals surface area contributed by atoms with Crippen LogP contribution in [-0.4, -0.2) is 25.3 Å². The van der Waals surface area contributed by atoms with E-state index in [1.807, 2.05) is 100 Å². The molecule has 0 heterocycles. The first-order chi connectivity index (χ1) is 18.5. The molecule has 1 N–H and O–H groups in total. The van der Waals surface area contributed by atoms with Crippen molar-refractivity contribution in [2.75, 3.05) is 5.32 Å². The van der Waals surface area contributed by atoms with E-state index in [1.54, 1.807) is 18.2 Å². The lowest BCUT2D eigenvalue weighted by Crippen LogP contribution is -2.24. The predicted octanol–water partition coefficient (Wildman–Crippen LogP) is 7.03. The van der Waals surface area contributed by atoms with Gasteiger partial charge in [-0.2, -0.15) is 0 Å². The van der Waals surface area contributed by atoms with E-state index in [4.69, 9.17) is 24.2 Å². The minimum Gasteiger partial charge on any atom is -0.456 e. The number of amides is 1. The summed E-state index contributed by atoms with van der Waals surface area (Å²) in [5.74, 6) is -1.01. The summed E-state index contributed by atoms with van der Waals surface area (Å²) in [5, 5.41) is 3.76. The molecule has 0 bridgehead atoms. The van der Waals surface area contributed by atoms with E-state index in [0.29, 0.717) is 28.2 Å². The fourth-order valence-electron chi connectivity index (χ4n) is 4.40. The molecule has 0 aromatic heterocycles. The molecule has 2 radical (unpaired) electrons. The van der Waals surface area contributed by atoms with Gasteiger partial charge in [0.05, 0.1) is 11.5 Å². The van der Waals surface area contributed by atoms with Crippen LogP contribution in [0.1, 0.15) is 53.7 Å². The molecule has 4 rings (SSSR count). The maximum Gasteiger partial charge on any atom is 0.338 e. The zero-order valence-corrected chi connectivity index (χ0v) is 23.4. The second-order valence-corrected chi connectivity index (χ2v) is 11.1. The standard InChI is InChI=1S/C33H31BClNO3/c1-21-18-27(35)14-17-29(21)23-12-15-28(16-13-23)36-31(37)30(25-6-5-7-26(34)20-25)19-22-8-10-24(11-9-22)32(38)39-33(2,3)4/h5-18,20,30H,19H2,1-4H3,(H,36,37)/t30-/m1/s1. The van der Waals surface area contributed by atoms with E-state index in [2.05, 4.69) is 5.32 Å². The van der Waals surface area contributed by atoms with Gasteiger partial charge in [0.25, 0.3) is 0 Å². The molecular formula is C33H31BClNO3. The van der Waals surface area contributed by atoms with Crippen LogP contribution in [0.25, 0.3) is 11.1 Å². The fraction of sp³-hybridized carbons (Fsp3) is 0.212. The molecule has 6 heteroatoms. The summed E-state index contributed by atoms with van der Waals surface area (Å²) in [5.41, 5.74) is 6.13. The van der Waals surface area contributed by atoms with Crippen LogP contribution in [-0.2, 0) is 16.0 Å². The second-order valence-electron chi connectivity index (χ2n) is 10.7. The molecule has 1 amide bonds. The summed E-state index contributed by atoms with van der Waals surface area (Å²) in [6.07, 6.45) is 0.436. The molecule has 0 unspecified atom stereocenters. The van der Waals surface area contributed by atoms with Crippen LogP contribution in [0.2, 0.25) is 5.02 Å². The van der Waals surface area contributed by atoms with Gasteiger partial charge in [-0.3, -0.25) is 4.79 Å². The van der Waals surface area contributed by atoms with E-state index < -0.39 is 11.5 Å². The van der Waals surface area contributed by atoms with Gasteiger partial charge in [0.1, 0.15) is 13.4 Å². The number of carbonyl (C=O) groups is 2. The van der Waals surface area contributed by atoms with Crippen molar-refractivity contribution in [2.45, 2.75) is 45.6 Å². The lowest BCUT2D eigenvalue weighted by molar-refractivity contribution is -0.117. The maximum absolute atomic E-state index is 13.6. The van der Waals surface area contributed by atoms with Crippen molar-refractivity contribution in [2.24, 2.45) is 0 Å². The Morgan fingerprint density at radius 1 is 0.923 bits per heavy atom. The number of rotatable bonds is 7. The average Bonchev–Trinajstić information content (AvgIpc) is 2.87. The molecule has 0 aliphatic rings. The Morgan fingerprint density at radius 3 is 2.23 bits per heavy atom. The number of carbonyl (C=O) groups excluding carboxylic acids is 2. The number of halogens is 1. The van der Waals surface area contributed by atoms with Crippen LogP contribution in [0.5, 0.6) is 0 Å². The number of hydrogen-bond donors (Lipinski definition) is 1. The van der Waals surface area contributed by atoms with Crippen molar-refractivity contribution >= 4 is 42.5 Å². The number of ether oxygens (including phenoxy) is 1. The van der Waals surface area contributed by atoms with Gasteiger partial charge >= 0.3 is 5.97 Å². The Hall–Kier alpha value is -3.83. The monoisotopic (exact) mass is 535 g/mol. The highest BCUT2D eigenvalue weighted by atomic mass is 35.5. The van der Waals surface area contributed by atoms with Gasteiger partial charge in [-0.1, -0.05) is 71.7 Å². The highest BCUT2D eigenvalue weighted by molar-refractivity contribution is 6.32. The van der Waals surface area contributed by atoms with E-state index >= 15 is 0 Å². The summed E-state index contributed by atoms with van der Waals surface area (Å²) >= 11 is 6.10. The van der Waals surface area contributed by atoms with Gasteiger partial charge in [-0.05, 0) is 98.3 Å². The van der Waals surface area contributed by atoms with Crippen LogP contribution < -0.4 is 10.8 Å². The van der Waals surface area contributed by atoms with Crippen molar-refractivity contribution in [3.8, 4) is 11.1 Å². The van der Waals surface area contributed by atoms with Crippen LogP contribution in [0, 0.1) is 6.92 Å². The number of anilines is 1. The highest BCUT2D eigenvalue weighted by Crippen LogP contribution is 2.28. The summed E-state index contributed by atoms with van der Waals surface area (Å²) in [7, 11) is 6.05. The molecule has 0 spiro atoms. The zero-order chi connectivity index (χ0) is 28.2. The Morgan fingerprint density at radius 2 is 1.62 bits per heavy atom. The molecule has 0 saturated heterocycles. The van der Waals surface area contributed by atoms with Gasteiger partial charge in [0, 0.05) is 10.7 Å². The molecule has 4 aromatic carbocycles. The summed E-state index contributed by atoms with van der Waals surface area (Å²) in [6.45, 7) is 7.52. The quantitative estimate of drug-likeness (QED) is 0.204. The van der Waals surface area contributed by atoms with Crippen LogP contribution in [0.3, 0.4) is 0 Å². The zero-order valence-electron chi connectivity index (χ0n) is 22.6. The molecule has 39 heavy (non-hydrogen) atoms. The van der Waals surface area contributed by atoms with E-state index in [1.165, 1.54) is 0 Å². The molecule has 0 saturated carbocycles. The Kier molecular flexibility index (Phi) is 8.62. The normalized spacial score (nSPS) is 12.0. The Balaban J connectivity index is 1.53. The first-order valence-corrected chi connectivity index (χ1v) is 13.2. The summed E-state index contributed by atoms with van der Waals surface area (Å²) in [4.78, 5) is 26.0. The minimum atomic E-state index is -0.571. The predicted molar refractivity (Wildman–Crippen MR) is 160 cm³/mol. The SMILES string of the molecule is [B]c1cccc([C@@H](Cc2ccc(C(=O)OC(C)(C)C)cc2)C(=O)Nc2ccc(-c3ccc(Cl)cc3C)cc2)c1. The largest absolute Gasteiger partial charge is 0.456 e. The van der Waals surface area contributed by atoms with Crippen molar-refractivity contribution in [3.63, 3.8) is 0 Å². The number of esters is 1. The average molecular weight is 536 g/mol. The topological polar surface area (TPSA) is 55.4 Å². The minimum absolute atomic E-state index is 0.146. The van der Waals surface area contributed by atoms with Crippen LogP contribution >= 0.6 is 11.6 Å². The fourth-order valence-corrected chi connectivity index (χ4v) is 4.63. The third-order valence-electron chi connectivity index (χ3n) is 6.31. The lowest BCUT2D eigenvalue weighted by Gasteiger charge is -2.20. The van der Waals surface area contributed by atoms with Crippen molar-refractivity contribution < 1.29 is 14.3 Å². The Bertz CT molecular complexity index is 1470. The number of nitrogens with one attached hydrogen (secondary N) is 1. The Labute approximate surface area is 236 Å². The second kappa shape index (κ2) is 11.9. The lowest BCUT2D eigenvalue weighted by atomic mass is 9.86. The van der Waals surface area contributed by atoms with Gasteiger partial charge in [0.15, 0.2) is 0 Å². The molecule has 1 atom stereocenters. The van der Waals surface area contributed by atoms with Gasteiger partial charge in [-0.25, -0.2) is 4.79 Å². The number of benzene rings is 4. The molecule has 196 valence electrons. The molecule has 4 nitrogen and oxygen atoms in total. The smallest absolute Gasteiger partial charge is 0.338 e. The van der Waals surface area contributed by atoms with Crippen LogP contribution in [0.15, 0.2) is 91.0 Å². The summed E-state index contributed by atoms with van der Waals surface area (Å²) < 4.78 is 5.46. The van der Waals surface area contributed by atoms with Crippen molar-refractivity contribution in [1.29, 1.82) is 0 Å². The van der Waals surface area contributed by atoms with Crippen molar-refractivity contribution in [1.82, 2.24) is 0 Å². The maximum atomic E-state index is 13.6. The molecule has 4 aromatic rings. The highest BCUT2D eigenvalue weighted by Gasteiger charge is 2.23. The number of aryl methyl sites for hydroxylation is 1. The molecule has 0 aliphatic heterocycles. The van der Waals surface area contributed by atoms with Crippen molar-refractivity contribution in [3.05, 3.63) is 118 Å². The first-order valence-electron chi connectivity index (χ1n) is 12.8. The molecule has 0 aliphatic carbocycles. The van der Waals surface area contributed by atoms with Gasteiger partial charge in [0.2, 0.25) is 5.91 Å². The number of hydrogen-bond acceptors (Lipinski definition) is 3. The third-order valence-corrected chi connectivity index (χ3v) is 6.54. The van der Waals surface area contributed by atoms with Crippen LogP contribution in [0.4, 0.5) is 5.69 Å². The summed E-state index contributed by atoms with van der Waals surface area (Å²) in [6, 6.07) is 28.1. The van der Waals surface area contributed by atoms with Gasteiger partial charge in [-0.15, -0.1) is 0 Å². The molecular weight excluding hydrogens is 505 g/mol. The van der Waals surface area contributed by atoms with E-state index in [-0.39, 0.29) is 11.9 Å². The third kappa shape index (κ3) is 7.61. The van der Waals surface area contributed by atoms with E-state index in [0.717, 1.165) is 27.8 Å². The van der Waals surface area contributed by atoms with E-state index in [9.17, 15) is 9.59 Å². The molecule has 0 fully saturated rings. The van der Waals surface area contributed by atoms with Gasteiger partial charge < -0.3 is 10.1 Å².